The summed E-state index contributed by atoms with van der Waals surface area (Å²) in [4.78, 5) is 36.6. The van der Waals surface area contributed by atoms with E-state index in [2.05, 4.69) is 5.32 Å². The van der Waals surface area contributed by atoms with E-state index in [9.17, 15) is 14.4 Å². The molecule has 8 heteroatoms. The number of methoxy groups -OCH3 is 1. The second kappa shape index (κ2) is 13.3. The first-order valence-electron chi connectivity index (χ1n) is 12.8. The SMILES string of the molecule is COc1ccc(-c2cc(=O)oc3c(C)c(OC(=O)CCCCCNC(=O)OCc4ccccc4)ccc23)cc1. The Morgan fingerprint density at radius 2 is 1.69 bits per heavy atom. The third kappa shape index (κ3) is 7.47. The Morgan fingerprint density at radius 3 is 2.44 bits per heavy atom. The lowest BCUT2D eigenvalue weighted by Gasteiger charge is -2.12. The molecule has 0 fully saturated rings. The van der Waals surface area contributed by atoms with Crippen LogP contribution in [0.4, 0.5) is 4.79 Å². The number of carbonyl (C=O) groups is 2. The summed E-state index contributed by atoms with van der Waals surface area (Å²) >= 11 is 0. The van der Waals surface area contributed by atoms with Crippen molar-refractivity contribution in [3.8, 4) is 22.6 Å². The van der Waals surface area contributed by atoms with E-state index in [1.165, 1.54) is 6.07 Å². The summed E-state index contributed by atoms with van der Waals surface area (Å²) < 4.78 is 21.5. The first-order valence-corrected chi connectivity index (χ1v) is 12.8. The van der Waals surface area contributed by atoms with Crippen LogP contribution in [0.2, 0.25) is 0 Å². The molecule has 1 aromatic heterocycles. The van der Waals surface area contributed by atoms with Crippen LogP contribution in [0.1, 0.15) is 36.8 Å². The Labute approximate surface area is 226 Å². The number of hydrogen-bond acceptors (Lipinski definition) is 7. The molecule has 0 unspecified atom stereocenters. The average molecular weight is 530 g/mol. The summed E-state index contributed by atoms with van der Waals surface area (Å²) in [6.07, 6.45) is 1.83. The Kier molecular flexibility index (Phi) is 9.34. The molecule has 0 aliphatic carbocycles. The van der Waals surface area contributed by atoms with E-state index in [0.717, 1.165) is 28.5 Å². The zero-order valence-corrected chi connectivity index (χ0v) is 22.0. The number of benzene rings is 3. The molecule has 0 aliphatic rings. The van der Waals surface area contributed by atoms with Crippen molar-refractivity contribution in [1.82, 2.24) is 5.32 Å². The van der Waals surface area contributed by atoms with Crippen molar-refractivity contribution >= 4 is 23.0 Å². The minimum absolute atomic E-state index is 0.221. The largest absolute Gasteiger partial charge is 0.497 e. The van der Waals surface area contributed by atoms with Gasteiger partial charge in [-0.2, -0.15) is 0 Å². The molecule has 0 radical (unpaired) electrons. The van der Waals surface area contributed by atoms with Crippen LogP contribution >= 0.6 is 0 Å². The second-order valence-corrected chi connectivity index (χ2v) is 9.05. The summed E-state index contributed by atoms with van der Waals surface area (Å²) in [5.41, 5.74) is 2.96. The van der Waals surface area contributed by atoms with E-state index >= 15 is 0 Å². The molecule has 1 amide bonds. The lowest BCUT2D eigenvalue weighted by atomic mass is 10.00. The van der Waals surface area contributed by atoms with Crippen molar-refractivity contribution in [3.05, 3.63) is 94.3 Å². The van der Waals surface area contributed by atoms with E-state index in [-0.39, 0.29) is 19.0 Å². The molecule has 8 nitrogen and oxygen atoms in total. The van der Waals surface area contributed by atoms with Gasteiger partial charge in [-0.1, -0.05) is 48.9 Å². The molecule has 0 saturated heterocycles. The minimum Gasteiger partial charge on any atom is -0.497 e. The van der Waals surface area contributed by atoms with Crippen LogP contribution in [0.5, 0.6) is 11.5 Å². The molecule has 1 N–H and O–H groups in total. The standard InChI is InChI=1S/C31H31NO7/c1-21-27(17-16-25-26(19-29(34)39-30(21)25)23-12-14-24(36-2)15-13-23)38-28(33)11-7-4-8-18-32-31(35)37-20-22-9-5-3-6-10-22/h3,5-6,9-10,12-17,19H,4,7-8,11,18,20H2,1-2H3,(H,32,35). The summed E-state index contributed by atoms with van der Waals surface area (Å²) in [5, 5.41) is 3.45. The molecule has 3 aromatic carbocycles. The van der Waals surface area contributed by atoms with Gasteiger partial charge >= 0.3 is 17.7 Å². The van der Waals surface area contributed by atoms with Gasteiger partial charge in [-0.05, 0) is 60.7 Å². The molecular formula is C31H31NO7. The molecule has 202 valence electrons. The molecule has 39 heavy (non-hydrogen) atoms. The van der Waals surface area contributed by atoms with Crippen LogP contribution in [0.3, 0.4) is 0 Å². The maximum atomic E-state index is 12.5. The maximum Gasteiger partial charge on any atom is 0.407 e. The van der Waals surface area contributed by atoms with Crippen molar-refractivity contribution in [2.75, 3.05) is 13.7 Å². The number of unbranched alkanes of at least 4 members (excludes halogenated alkanes) is 2. The van der Waals surface area contributed by atoms with E-state index in [4.69, 9.17) is 18.6 Å². The van der Waals surface area contributed by atoms with E-state index < -0.39 is 11.7 Å². The highest BCUT2D eigenvalue weighted by Gasteiger charge is 2.15. The van der Waals surface area contributed by atoms with E-state index in [1.807, 2.05) is 54.6 Å². The smallest absolute Gasteiger partial charge is 0.407 e. The summed E-state index contributed by atoms with van der Waals surface area (Å²) in [5.74, 6) is 0.695. The number of ether oxygens (including phenoxy) is 3. The topological polar surface area (TPSA) is 104 Å². The third-order valence-electron chi connectivity index (χ3n) is 6.28. The predicted octanol–water partition coefficient (Wildman–Crippen LogP) is 6.17. The third-order valence-corrected chi connectivity index (χ3v) is 6.28. The average Bonchev–Trinajstić information content (AvgIpc) is 2.95. The molecule has 1 heterocycles. The highest BCUT2D eigenvalue weighted by Crippen LogP contribution is 2.34. The molecule has 4 aromatic rings. The zero-order chi connectivity index (χ0) is 27.6. The first kappa shape index (κ1) is 27.4. The molecular weight excluding hydrogens is 498 g/mol. The van der Waals surface area contributed by atoms with Crippen molar-refractivity contribution in [2.24, 2.45) is 0 Å². The summed E-state index contributed by atoms with van der Waals surface area (Å²) in [6, 6.07) is 21.8. The minimum atomic E-state index is -0.488. The molecule has 0 spiro atoms. The van der Waals surface area contributed by atoms with Gasteiger partial charge in [0.1, 0.15) is 23.7 Å². The summed E-state index contributed by atoms with van der Waals surface area (Å²) in [7, 11) is 1.60. The summed E-state index contributed by atoms with van der Waals surface area (Å²) in [6.45, 7) is 2.44. The normalized spacial score (nSPS) is 10.7. The first-order chi connectivity index (χ1) is 18.9. The number of aryl methyl sites for hydroxylation is 1. The number of nitrogens with one attached hydrogen (secondary N) is 1. The number of fused-ring (bicyclic) bond motifs is 1. The number of carbonyl (C=O) groups excluding carboxylic acids is 2. The van der Waals surface area contributed by atoms with Gasteiger partial charge in [0.05, 0.1) is 7.11 Å². The zero-order valence-electron chi connectivity index (χ0n) is 22.0. The second-order valence-electron chi connectivity index (χ2n) is 9.05. The van der Waals surface area contributed by atoms with Crippen LogP contribution in [0.25, 0.3) is 22.1 Å². The Morgan fingerprint density at radius 1 is 0.923 bits per heavy atom. The van der Waals surface area contributed by atoms with Crippen LogP contribution in [0.15, 0.2) is 82.0 Å². The van der Waals surface area contributed by atoms with Gasteiger partial charge in [-0.25, -0.2) is 9.59 Å². The lowest BCUT2D eigenvalue weighted by Crippen LogP contribution is -2.25. The van der Waals surface area contributed by atoms with Gasteiger partial charge in [0.15, 0.2) is 0 Å². The van der Waals surface area contributed by atoms with Crippen molar-refractivity contribution < 1.29 is 28.2 Å². The van der Waals surface area contributed by atoms with E-state index in [0.29, 0.717) is 42.0 Å². The van der Waals surface area contributed by atoms with Crippen molar-refractivity contribution in [2.45, 2.75) is 39.2 Å². The van der Waals surface area contributed by atoms with Crippen LogP contribution in [-0.4, -0.2) is 25.7 Å². The molecule has 0 saturated carbocycles. The van der Waals surface area contributed by atoms with Crippen LogP contribution < -0.4 is 20.4 Å². The molecule has 4 rings (SSSR count). The van der Waals surface area contributed by atoms with Crippen LogP contribution in [0, 0.1) is 6.92 Å². The van der Waals surface area contributed by atoms with Crippen molar-refractivity contribution in [3.63, 3.8) is 0 Å². The van der Waals surface area contributed by atoms with Crippen molar-refractivity contribution in [1.29, 1.82) is 0 Å². The molecule has 0 aliphatic heterocycles. The van der Waals surface area contributed by atoms with Gasteiger partial charge in [0, 0.05) is 30.0 Å². The quantitative estimate of drug-likeness (QED) is 0.107. The number of hydrogen-bond donors (Lipinski definition) is 1. The highest BCUT2D eigenvalue weighted by molar-refractivity contribution is 5.96. The van der Waals surface area contributed by atoms with Gasteiger partial charge < -0.3 is 23.9 Å². The predicted molar refractivity (Wildman–Crippen MR) is 148 cm³/mol. The number of amides is 1. The van der Waals surface area contributed by atoms with Crippen LogP contribution in [-0.2, 0) is 16.1 Å². The van der Waals surface area contributed by atoms with Gasteiger partial charge in [-0.15, -0.1) is 0 Å². The van der Waals surface area contributed by atoms with Gasteiger partial charge in [0.25, 0.3) is 0 Å². The Hall–Kier alpha value is -4.59. The maximum absolute atomic E-state index is 12.5. The molecule has 0 bridgehead atoms. The Balaban J connectivity index is 1.26. The molecule has 0 atom stereocenters. The Bertz CT molecular complexity index is 1480. The number of esters is 1. The monoisotopic (exact) mass is 529 g/mol. The van der Waals surface area contributed by atoms with Gasteiger partial charge in [-0.3, -0.25) is 4.79 Å². The fraction of sp³-hybridized carbons (Fsp3) is 0.258. The van der Waals surface area contributed by atoms with E-state index in [1.54, 1.807) is 26.2 Å². The highest BCUT2D eigenvalue weighted by atomic mass is 16.5. The fourth-order valence-electron chi connectivity index (χ4n) is 4.17. The van der Waals surface area contributed by atoms with Gasteiger partial charge in [0.2, 0.25) is 0 Å². The number of rotatable bonds is 11. The fourth-order valence-corrected chi connectivity index (χ4v) is 4.17. The number of alkyl carbamates (subject to hydrolysis) is 1. The lowest BCUT2D eigenvalue weighted by molar-refractivity contribution is -0.134.